The monoisotopic (exact) mass is 750 g/mol. The summed E-state index contributed by atoms with van der Waals surface area (Å²) in [7, 11) is 0. The summed E-state index contributed by atoms with van der Waals surface area (Å²) in [6.45, 7) is 0. The van der Waals surface area contributed by atoms with E-state index >= 15 is 0 Å². The number of hydrogen-bond acceptors (Lipinski definition) is 1. The standard InChI is InChI=1S/C56H34N2O/c1-2-12-38-32-39(21-20-35(38)10-1)36-22-27-42(28-23-36)57-49-16-7-5-14-44(49)47-33-40(25-30-50(47)57)41-26-31-51-48(34-41)45-29-24-37-11-3-4-13-43(37)56(45)58(51)52-17-9-19-54-55(52)46-15-6-8-18-53(46)59-54/h1-34H. The molecule has 0 aliphatic carbocycles. The van der Waals surface area contributed by atoms with Crippen LogP contribution in [-0.2, 0) is 0 Å². The number of para-hydroxylation sites is 2. The smallest absolute Gasteiger partial charge is 0.137 e. The van der Waals surface area contributed by atoms with Crippen molar-refractivity contribution in [2.24, 2.45) is 0 Å². The molecule has 3 aromatic heterocycles. The van der Waals surface area contributed by atoms with E-state index in [2.05, 4.69) is 209 Å². The van der Waals surface area contributed by atoms with Crippen molar-refractivity contribution in [3.05, 3.63) is 206 Å². The molecule has 0 saturated carbocycles. The Morgan fingerprint density at radius 3 is 1.71 bits per heavy atom. The second-order valence-electron chi connectivity index (χ2n) is 15.7. The van der Waals surface area contributed by atoms with E-state index in [1.54, 1.807) is 0 Å². The maximum Gasteiger partial charge on any atom is 0.137 e. The fourth-order valence-corrected chi connectivity index (χ4v) is 9.76. The lowest BCUT2D eigenvalue weighted by Crippen LogP contribution is -1.95. The molecule has 0 atom stereocenters. The van der Waals surface area contributed by atoms with E-state index in [1.165, 1.54) is 87.4 Å². The molecule has 0 amide bonds. The van der Waals surface area contributed by atoms with Gasteiger partial charge < -0.3 is 13.6 Å². The molecule has 0 fully saturated rings. The van der Waals surface area contributed by atoms with E-state index in [-0.39, 0.29) is 0 Å². The van der Waals surface area contributed by atoms with Gasteiger partial charge in [0, 0.05) is 38.0 Å². The topological polar surface area (TPSA) is 23.0 Å². The Labute approximate surface area is 339 Å². The largest absolute Gasteiger partial charge is 0.456 e. The SMILES string of the molecule is c1ccc2cc(-c3ccc(-n4c5ccccc5c5cc(-c6ccc7c(c6)c6ccc8ccccc8c6n7-c6cccc7oc8ccccc8c67)ccc54)cc3)ccc2c1. The van der Waals surface area contributed by atoms with Crippen LogP contribution in [0.4, 0.5) is 0 Å². The van der Waals surface area contributed by atoms with Crippen LogP contribution in [0.3, 0.4) is 0 Å². The van der Waals surface area contributed by atoms with Crippen LogP contribution in [0.1, 0.15) is 0 Å². The Morgan fingerprint density at radius 1 is 0.305 bits per heavy atom. The molecule has 13 aromatic rings. The summed E-state index contributed by atoms with van der Waals surface area (Å²) < 4.78 is 11.3. The molecule has 10 aromatic carbocycles. The molecule has 0 unspecified atom stereocenters. The first-order valence-electron chi connectivity index (χ1n) is 20.2. The predicted octanol–water partition coefficient (Wildman–Crippen LogP) is 15.4. The predicted molar refractivity (Wildman–Crippen MR) is 248 cm³/mol. The zero-order valence-electron chi connectivity index (χ0n) is 31.9. The summed E-state index contributed by atoms with van der Waals surface area (Å²) in [6, 6.07) is 75.1. The van der Waals surface area contributed by atoms with Gasteiger partial charge in [-0.05, 0) is 105 Å². The van der Waals surface area contributed by atoms with Gasteiger partial charge in [0.1, 0.15) is 11.2 Å². The fourth-order valence-electron chi connectivity index (χ4n) is 9.76. The summed E-state index contributed by atoms with van der Waals surface area (Å²) in [4.78, 5) is 0. The molecule has 0 aliphatic rings. The van der Waals surface area contributed by atoms with Crippen molar-refractivity contribution in [3.8, 4) is 33.6 Å². The number of benzene rings is 10. The summed E-state index contributed by atoms with van der Waals surface area (Å²) in [6.07, 6.45) is 0. The first-order chi connectivity index (χ1) is 29.2. The van der Waals surface area contributed by atoms with Crippen LogP contribution in [0, 0.1) is 0 Å². The molecule has 13 rings (SSSR count). The lowest BCUT2D eigenvalue weighted by atomic mass is 10.00. The van der Waals surface area contributed by atoms with Crippen molar-refractivity contribution < 1.29 is 4.42 Å². The van der Waals surface area contributed by atoms with Gasteiger partial charge in [-0.2, -0.15) is 0 Å². The highest BCUT2D eigenvalue weighted by molar-refractivity contribution is 6.21. The highest BCUT2D eigenvalue weighted by atomic mass is 16.3. The van der Waals surface area contributed by atoms with E-state index in [4.69, 9.17) is 4.42 Å². The molecule has 0 radical (unpaired) electrons. The van der Waals surface area contributed by atoms with Gasteiger partial charge >= 0.3 is 0 Å². The normalized spacial score (nSPS) is 12.1. The Kier molecular flexibility index (Phi) is 6.72. The molecule has 0 spiro atoms. The van der Waals surface area contributed by atoms with E-state index < -0.39 is 0 Å². The van der Waals surface area contributed by atoms with Crippen molar-refractivity contribution in [1.29, 1.82) is 0 Å². The molecule has 3 nitrogen and oxygen atoms in total. The average molecular weight is 751 g/mol. The molecule has 0 saturated heterocycles. The minimum atomic E-state index is 0.892. The fraction of sp³-hybridized carbons (Fsp3) is 0. The van der Waals surface area contributed by atoms with Gasteiger partial charge in [0.15, 0.2) is 0 Å². The zero-order valence-corrected chi connectivity index (χ0v) is 31.9. The van der Waals surface area contributed by atoms with E-state index in [1.807, 2.05) is 6.07 Å². The number of furan rings is 1. The molecular weight excluding hydrogens is 717 g/mol. The first-order valence-corrected chi connectivity index (χ1v) is 20.2. The van der Waals surface area contributed by atoms with Crippen molar-refractivity contribution in [2.75, 3.05) is 0 Å². The zero-order chi connectivity index (χ0) is 38.6. The highest BCUT2D eigenvalue weighted by Crippen LogP contribution is 2.43. The lowest BCUT2D eigenvalue weighted by molar-refractivity contribution is 0.669. The van der Waals surface area contributed by atoms with Gasteiger partial charge in [-0.25, -0.2) is 0 Å². The third-order valence-electron chi connectivity index (χ3n) is 12.5. The van der Waals surface area contributed by atoms with Crippen LogP contribution < -0.4 is 0 Å². The van der Waals surface area contributed by atoms with Gasteiger partial charge in [0.05, 0.1) is 33.1 Å². The van der Waals surface area contributed by atoms with E-state index in [0.717, 1.165) is 33.3 Å². The van der Waals surface area contributed by atoms with Crippen molar-refractivity contribution >= 4 is 87.1 Å². The molecule has 3 heteroatoms. The van der Waals surface area contributed by atoms with Gasteiger partial charge in [-0.15, -0.1) is 0 Å². The molecule has 0 bridgehead atoms. The van der Waals surface area contributed by atoms with Gasteiger partial charge in [-0.3, -0.25) is 0 Å². The first kappa shape index (κ1) is 32.2. The number of hydrogen-bond donors (Lipinski definition) is 0. The third kappa shape index (κ3) is 4.76. The Bertz CT molecular complexity index is 3840. The number of nitrogens with zero attached hydrogens (tertiary/aromatic N) is 2. The van der Waals surface area contributed by atoms with Crippen molar-refractivity contribution in [3.63, 3.8) is 0 Å². The Morgan fingerprint density at radius 2 is 0.881 bits per heavy atom. The molecule has 0 aliphatic heterocycles. The summed E-state index contributed by atoms with van der Waals surface area (Å²) in [5, 5.41) is 12.2. The van der Waals surface area contributed by atoms with Crippen LogP contribution >= 0.6 is 0 Å². The van der Waals surface area contributed by atoms with Crippen molar-refractivity contribution in [1.82, 2.24) is 9.13 Å². The molecule has 274 valence electrons. The van der Waals surface area contributed by atoms with Gasteiger partial charge in [-0.1, -0.05) is 140 Å². The quantitative estimate of drug-likeness (QED) is 0.176. The molecule has 3 heterocycles. The number of fused-ring (bicyclic) bond motifs is 12. The molecule has 59 heavy (non-hydrogen) atoms. The summed E-state index contributed by atoms with van der Waals surface area (Å²) >= 11 is 0. The van der Waals surface area contributed by atoms with Crippen molar-refractivity contribution in [2.45, 2.75) is 0 Å². The van der Waals surface area contributed by atoms with Crippen LogP contribution in [0.15, 0.2) is 211 Å². The minimum Gasteiger partial charge on any atom is -0.456 e. The van der Waals surface area contributed by atoms with Crippen LogP contribution in [0.2, 0.25) is 0 Å². The van der Waals surface area contributed by atoms with E-state index in [0.29, 0.717) is 0 Å². The van der Waals surface area contributed by atoms with Crippen LogP contribution in [0.25, 0.3) is 121 Å². The maximum atomic E-state index is 6.40. The Hall–Kier alpha value is -7.88. The number of rotatable bonds is 4. The van der Waals surface area contributed by atoms with Gasteiger partial charge in [0.2, 0.25) is 0 Å². The highest BCUT2D eigenvalue weighted by Gasteiger charge is 2.20. The van der Waals surface area contributed by atoms with Gasteiger partial charge in [0.25, 0.3) is 0 Å². The molecular formula is C56H34N2O. The molecule has 0 N–H and O–H groups in total. The lowest BCUT2D eigenvalue weighted by Gasteiger charge is -2.12. The second kappa shape index (κ2) is 12.3. The van der Waals surface area contributed by atoms with Crippen LogP contribution in [0.5, 0.6) is 0 Å². The average Bonchev–Trinajstić information content (AvgIpc) is 3.96. The van der Waals surface area contributed by atoms with E-state index in [9.17, 15) is 0 Å². The second-order valence-corrected chi connectivity index (χ2v) is 15.7. The number of aromatic nitrogens is 2. The minimum absolute atomic E-state index is 0.892. The summed E-state index contributed by atoms with van der Waals surface area (Å²) in [5.74, 6) is 0. The van der Waals surface area contributed by atoms with Crippen LogP contribution in [-0.4, -0.2) is 9.13 Å². The third-order valence-corrected chi connectivity index (χ3v) is 12.5. The maximum absolute atomic E-state index is 6.40. The Balaban J connectivity index is 0.980. The summed E-state index contributed by atoms with van der Waals surface area (Å²) in [5.41, 5.74) is 13.6.